The molecule has 2 aromatic heterocycles. The van der Waals surface area contributed by atoms with E-state index in [1.165, 1.54) is 4.88 Å². The van der Waals surface area contributed by atoms with Gasteiger partial charge in [0.15, 0.2) is 0 Å². The molecule has 3 aromatic rings. The molecule has 0 saturated carbocycles. The second-order valence-corrected chi connectivity index (χ2v) is 8.64. The number of benzene rings is 1. The molecule has 1 amide bonds. The van der Waals surface area contributed by atoms with Gasteiger partial charge < -0.3 is 4.90 Å². The lowest BCUT2D eigenvalue weighted by Gasteiger charge is -2.20. The minimum atomic E-state index is 0.0945. The van der Waals surface area contributed by atoms with Crippen LogP contribution in [-0.4, -0.2) is 39.4 Å². The van der Waals surface area contributed by atoms with Crippen molar-refractivity contribution >= 4 is 29.0 Å². The van der Waals surface area contributed by atoms with Crippen LogP contribution in [0.25, 0.3) is 5.69 Å². The number of hydrogen-bond donors (Lipinski definition) is 0. The highest BCUT2D eigenvalue weighted by molar-refractivity contribution is 7.99. The van der Waals surface area contributed by atoms with E-state index in [1.807, 2.05) is 69.9 Å². The van der Waals surface area contributed by atoms with Crippen LogP contribution in [0.3, 0.4) is 0 Å². The average Bonchev–Trinajstić information content (AvgIpc) is 3.26. The summed E-state index contributed by atoms with van der Waals surface area (Å²) in [4.78, 5) is 16.5. The number of thioether (sulfide) groups is 1. The predicted molar refractivity (Wildman–Crippen MR) is 108 cm³/mol. The summed E-state index contributed by atoms with van der Waals surface area (Å²) in [5.41, 5.74) is 2.58. The van der Waals surface area contributed by atoms with Crippen molar-refractivity contribution in [2.24, 2.45) is 0 Å². The Hall–Kier alpha value is -2.05. The molecular weight excluding hydrogens is 362 g/mol. The molecule has 26 heavy (non-hydrogen) atoms. The molecule has 1 saturated heterocycles. The first-order valence-electron chi connectivity index (χ1n) is 8.78. The Balaban J connectivity index is 1.50. The SMILES string of the molecule is Cc1c(C(=O)N2CCS[C@@H](c3cccs3)CC2)cnn1-c1ccccc1. The standard InChI is InChI=1S/C20H21N3OS2/c1-15-17(14-21-23(15)16-6-3-2-4-7-16)20(24)22-10-9-19(26-13-11-22)18-8-5-12-25-18/h2-8,12,14,19H,9-11,13H2,1H3/t19-/m1/s1. The highest BCUT2D eigenvalue weighted by Crippen LogP contribution is 2.37. The van der Waals surface area contributed by atoms with Crippen molar-refractivity contribution in [3.63, 3.8) is 0 Å². The number of carbonyl (C=O) groups excluding carboxylic acids is 1. The topological polar surface area (TPSA) is 38.1 Å². The van der Waals surface area contributed by atoms with Crippen molar-refractivity contribution in [2.75, 3.05) is 18.8 Å². The normalized spacial score (nSPS) is 17.9. The zero-order valence-electron chi connectivity index (χ0n) is 14.7. The number of hydrogen-bond acceptors (Lipinski definition) is 4. The predicted octanol–water partition coefficient (Wildman–Crippen LogP) is 4.56. The van der Waals surface area contributed by atoms with Crippen LogP contribution in [0, 0.1) is 6.92 Å². The van der Waals surface area contributed by atoms with Gasteiger partial charge in [0.1, 0.15) is 0 Å². The van der Waals surface area contributed by atoms with Crippen molar-refractivity contribution in [1.29, 1.82) is 0 Å². The molecule has 1 fully saturated rings. The van der Waals surface area contributed by atoms with Crippen molar-refractivity contribution in [1.82, 2.24) is 14.7 Å². The first-order chi connectivity index (χ1) is 12.7. The van der Waals surface area contributed by atoms with E-state index in [-0.39, 0.29) is 5.91 Å². The maximum Gasteiger partial charge on any atom is 0.257 e. The first kappa shape index (κ1) is 17.4. The van der Waals surface area contributed by atoms with Gasteiger partial charge in [0.2, 0.25) is 0 Å². The fourth-order valence-electron chi connectivity index (χ4n) is 3.29. The lowest BCUT2D eigenvalue weighted by molar-refractivity contribution is 0.0766. The van der Waals surface area contributed by atoms with Crippen molar-refractivity contribution in [2.45, 2.75) is 18.6 Å². The van der Waals surface area contributed by atoms with E-state index < -0.39 is 0 Å². The van der Waals surface area contributed by atoms with Crippen molar-refractivity contribution in [3.8, 4) is 5.69 Å². The molecule has 1 atom stereocenters. The summed E-state index contributed by atoms with van der Waals surface area (Å²) < 4.78 is 1.84. The summed E-state index contributed by atoms with van der Waals surface area (Å²) in [5.74, 6) is 1.07. The van der Waals surface area contributed by atoms with E-state index >= 15 is 0 Å². The van der Waals surface area contributed by atoms with Gasteiger partial charge in [0, 0.05) is 29.0 Å². The van der Waals surface area contributed by atoms with Gasteiger partial charge >= 0.3 is 0 Å². The number of thiophene rings is 1. The van der Waals surface area contributed by atoms with Crippen molar-refractivity contribution in [3.05, 3.63) is 70.2 Å². The zero-order valence-corrected chi connectivity index (χ0v) is 16.3. The van der Waals surface area contributed by atoms with Crippen molar-refractivity contribution < 1.29 is 4.79 Å². The summed E-state index contributed by atoms with van der Waals surface area (Å²) in [6.07, 6.45) is 2.71. The fraction of sp³-hybridized carbons (Fsp3) is 0.300. The Labute approximate surface area is 161 Å². The summed E-state index contributed by atoms with van der Waals surface area (Å²) in [7, 11) is 0. The third kappa shape index (κ3) is 3.44. The van der Waals surface area contributed by atoms with E-state index in [0.717, 1.165) is 36.6 Å². The molecule has 1 aliphatic heterocycles. The Morgan fingerprint density at radius 2 is 2.00 bits per heavy atom. The van der Waals surface area contributed by atoms with Gasteiger partial charge in [-0.05, 0) is 36.9 Å². The summed E-state index contributed by atoms with van der Waals surface area (Å²) in [5, 5.41) is 7.08. The lowest BCUT2D eigenvalue weighted by Crippen LogP contribution is -2.33. The zero-order chi connectivity index (χ0) is 17.9. The number of rotatable bonds is 3. The Morgan fingerprint density at radius 1 is 1.15 bits per heavy atom. The molecule has 134 valence electrons. The maximum absolute atomic E-state index is 13.1. The number of para-hydroxylation sites is 1. The Kier molecular flexibility index (Phi) is 5.13. The molecule has 0 spiro atoms. The van der Waals surface area contributed by atoms with Crippen LogP contribution in [-0.2, 0) is 0 Å². The minimum absolute atomic E-state index is 0.0945. The third-order valence-electron chi connectivity index (χ3n) is 4.73. The van der Waals surface area contributed by atoms with Gasteiger partial charge in [-0.3, -0.25) is 4.79 Å². The molecule has 0 radical (unpaired) electrons. The number of nitrogens with zero attached hydrogens (tertiary/aromatic N) is 3. The van der Waals surface area contributed by atoms with Crippen LogP contribution in [0.5, 0.6) is 0 Å². The van der Waals surface area contributed by atoms with Gasteiger partial charge in [-0.1, -0.05) is 24.3 Å². The van der Waals surface area contributed by atoms with E-state index in [1.54, 1.807) is 6.20 Å². The van der Waals surface area contributed by atoms with Crippen LogP contribution in [0.2, 0.25) is 0 Å². The first-order valence-corrected chi connectivity index (χ1v) is 10.7. The van der Waals surface area contributed by atoms with Crippen LogP contribution in [0.1, 0.15) is 32.6 Å². The second kappa shape index (κ2) is 7.68. The largest absolute Gasteiger partial charge is 0.338 e. The molecular formula is C20H21N3OS2. The summed E-state index contributed by atoms with van der Waals surface area (Å²) in [6, 6.07) is 14.3. The average molecular weight is 384 g/mol. The monoisotopic (exact) mass is 383 g/mol. The molecule has 0 unspecified atom stereocenters. The maximum atomic E-state index is 13.1. The molecule has 4 rings (SSSR count). The number of carbonyl (C=O) groups is 1. The Bertz CT molecular complexity index is 874. The Morgan fingerprint density at radius 3 is 2.77 bits per heavy atom. The molecule has 1 aliphatic rings. The summed E-state index contributed by atoms with van der Waals surface area (Å²) in [6.45, 7) is 3.56. The molecule has 6 heteroatoms. The van der Waals surface area contributed by atoms with Crippen LogP contribution < -0.4 is 0 Å². The van der Waals surface area contributed by atoms with Gasteiger partial charge in [-0.2, -0.15) is 16.9 Å². The van der Waals surface area contributed by atoms with Gasteiger partial charge in [0.25, 0.3) is 5.91 Å². The van der Waals surface area contributed by atoms with Crippen LogP contribution in [0.4, 0.5) is 0 Å². The number of aromatic nitrogens is 2. The number of amides is 1. The van der Waals surface area contributed by atoms with E-state index in [9.17, 15) is 4.79 Å². The minimum Gasteiger partial charge on any atom is -0.338 e. The van der Waals surface area contributed by atoms with E-state index in [4.69, 9.17) is 0 Å². The van der Waals surface area contributed by atoms with Gasteiger partial charge in [-0.25, -0.2) is 4.68 Å². The molecule has 3 heterocycles. The fourth-order valence-corrected chi connectivity index (χ4v) is 5.53. The third-order valence-corrected chi connectivity index (χ3v) is 7.18. The smallest absolute Gasteiger partial charge is 0.257 e. The lowest BCUT2D eigenvalue weighted by atomic mass is 10.2. The van der Waals surface area contributed by atoms with Gasteiger partial charge in [-0.15, -0.1) is 11.3 Å². The second-order valence-electron chi connectivity index (χ2n) is 6.35. The molecule has 0 bridgehead atoms. The van der Waals surface area contributed by atoms with E-state index in [2.05, 4.69) is 22.6 Å². The molecule has 0 N–H and O–H groups in total. The quantitative estimate of drug-likeness (QED) is 0.665. The summed E-state index contributed by atoms with van der Waals surface area (Å²) >= 11 is 3.77. The molecule has 1 aromatic carbocycles. The highest BCUT2D eigenvalue weighted by atomic mass is 32.2. The van der Waals surface area contributed by atoms with Gasteiger partial charge in [0.05, 0.1) is 23.1 Å². The molecule has 0 aliphatic carbocycles. The molecule has 4 nitrogen and oxygen atoms in total. The van der Waals surface area contributed by atoms with Crippen LogP contribution in [0.15, 0.2) is 54.0 Å². The van der Waals surface area contributed by atoms with Crippen LogP contribution >= 0.6 is 23.1 Å². The van der Waals surface area contributed by atoms with E-state index in [0.29, 0.717) is 10.8 Å². The highest BCUT2D eigenvalue weighted by Gasteiger charge is 2.25.